The molecular weight excluding hydrogens is 295 g/mol. The minimum Gasteiger partial charge on any atom is -0.382 e. The van der Waals surface area contributed by atoms with Crippen molar-refractivity contribution in [1.82, 2.24) is 9.97 Å². The van der Waals surface area contributed by atoms with Gasteiger partial charge in [0.1, 0.15) is 17.3 Å². The second-order valence-electron chi connectivity index (χ2n) is 4.50. The van der Waals surface area contributed by atoms with Gasteiger partial charge in [0.15, 0.2) is 0 Å². The van der Waals surface area contributed by atoms with Gasteiger partial charge in [-0.3, -0.25) is 4.79 Å². The number of carbonyl (C=O) groups excluding carboxylic acids is 1. The van der Waals surface area contributed by atoms with Gasteiger partial charge in [-0.2, -0.15) is 0 Å². The van der Waals surface area contributed by atoms with E-state index in [0.29, 0.717) is 6.42 Å². The summed E-state index contributed by atoms with van der Waals surface area (Å²) in [6.07, 6.45) is 2.94. The van der Waals surface area contributed by atoms with Gasteiger partial charge in [-0.25, -0.2) is 14.4 Å². The van der Waals surface area contributed by atoms with E-state index in [-0.39, 0.29) is 27.7 Å². The zero-order chi connectivity index (χ0) is 15.6. The Balaban J connectivity index is 2.52. The van der Waals surface area contributed by atoms with Crippen LogP contribution in [0.1, 0.15) is 41.0 Å². The van der Waals surface area contributed by atoms with Crippen molar-refractivity contribution < 1.29 is 9.18 Å². The molecule has 5 nitrogen and oxygen atoms in total. The summed E-state index contributed by atoms with van der Waals surface area (Å²) in [7, 11) is 0. The van der Waals surface area contributed by atoms with Crippen LogP contribution in [0.5, 0.6) is 0 Å². The second-order valence-corrected chi connectivity index (χ2v) is 4.90. The number of ketones is 1. The Kier molecular flexibility index (Phi) is 4.50. The predicted molar refractivity (Wildman–Crippen MR) is 78.5 cm³/mol. The quantitative estimate of drug-likeness (QED) is 0.846. The van der Waals surface area contributed by atoms with Crippen molar-refractivity contribution in [2.45, 2.75) is 19.4 Å². The molecule has 1 atom stereocenters. The number of aromatic nitrogens is 2. The van der Waals surface area contributed by atoms with Gasteiger partial charge in [0.25, 0.3) is 0 Å². The van der Waals surface area contributed by atoms with E-state index in [1.54, 1.807) is 0 Å². The maximum atomic E-state index is 14.5. The zero-order valence-electron chi connectivity index (χ0n) is 11.3. The van der Waals surface area contributed by atoms with Crippen LogP contribution in [-0.4, -0.2) is 15.8 Å². The molecule has 2 aromatic rings. The fourth-order valence-corrected chi connectivity index (χ4v) is 2.10. The van der Waals surface area contributed by atoms with E-state index in [0.717, 1.165) is 0 Å². The molecule has 7 heteroatoms. The summed E-state index contributed by atoms with van der Waals surface area (Å²) in [6.45, 7) is 1.83. The molecule has 0 spiro atoms. The topological polar surface area (TPSA) is 94.9 Å². The van der Waals surface area contributed by atoms with Crippen molar-refractivity contribution >= 4 is 23.2 Å². The van der Waals surface area contributed by atoms with Crippen molar-refractivity contribution in [3.63, 3.8) is 0 Å². The summed E-state index contributed by atoms with van der Waals surface area (Å²) in [5.41, 5.74) is 11.2. The lowest BCUT2D eigenvalue weighted by atomic mass is 9.98. The maximum absolute atomic E-state index is 14.5. The number of anilines is 1. The van der Waals surface area contributed by atoms with Crippen molar-refractivity contribution in [2.24, 2.45) is 5.73 Å². The molecule has 0 aliphatic rings. The summed E-state index contributed by atoms with van der Waals surface area (Å²) >= 11 is 5.95. The third kappa shape index (κ3) is 3.01. The zero-order valence-corrected chi connectivity index (χ0v) is 12.1. The van der Waals surface area contributed by atoms with Gasteiger partial charge in [-0.05, 0) is 12.5 Å². The van der Waals surface area contributed by atoms with Crippen molar-refractivity contribution in [2.75, 3.05) is 5.73 Å². The fourth-order valence-electron chi connectivity index (χ4n) is 1.87. The van der Waals surface area contributed by atoms with E-state index >= 15 is 0 Å². The van der Waals surface area contributed by atoms with Crippen LogP contribution in [0.4, 0.5) is 10.2 Å². The van der Waals surface area contributed by atoms with Gasteiger partial charge < -0.3 is 11.5 Å². The molecule has 0 radical (unpaired) electrons. The molecule has 0 saturated carbocycles. The van der Waals surface area contributed by atoms with Crippen LogP contribution >= 0.6 is 11.6 Å². The summed E-state index contributed by atoms with van der Waals surface area (Å²) in [5.74, 6) is -1.21. The largest absolute Gasteiger partial charge is 0.382 e. The van der Waals surface area contributed by atoms with E-state index in [1.807, 2.05) is 6.92 Å². The van der Waals surface area contributed by atoms with Gasteiger partial charge in [0, 0.05) is 11.6 Å². The monoisotopic (exact) mass is 308 g/mol. The highest BCUT2D eigenvalue weighted by Crippen LogP contribution is 2.28. The number of halogens is 2. The van der Waals surface area contributed by atoms with Crippen molar-refractivity contribution in [3.05, 3.63) is 52.2 Å². The molecule has 1 aromatic carbocycles. The van der Waals surface area contributed by atoms with Crippen molar-refractivity contribution in [3.8, 4) is 0 Å². The molecule has 0 saturated heterocycles. The third-order valence-corrected chi connectivity index (χ3v) is 3.41. The Morgan fingerprint density at radius 2 is 2.10 bits per heavy atom. The van der Waals surface area contributed by atoms with Crippen molar-refractivity contribution in [1.29, 1.82) is 0 Å². The number of nitrogen functional groups attached to an aromatic ring is 1. The molecule has 21 heavy (non-hydrogen) atoms. The van der Waals surface area contributed by atoms with Crippen LogP contribution < -0.4 is 11.5 Å². The molecule has 110 valence electrons. The van der Waals surface area contributed by atoms with Gasteiger partial charge in [0.05, 0.1) is 23.0 Å². The summed E-state index contributed by atoms with van der Waals surface area (Å²) in [6, 6.07) is 2.43. The minimum atomic E-state index is -0.722. The van der Waals surface area contributed by atoms with E-state index in [2.05, 4.69) is 9.97 Å². The Bertz CT molecular complexity index is 675. The third-order valence-electron chi connectivity index (χ3n) is 3.09. The molecule has 0 fully saturated rings. The number of carbonyl (C=O) groups is 1. The normalized spacial score (nSPS) is 12.2. The van der Waals surface area contributed by atoms with Gasteiger partial charge in [0.2, 0.25) is 5.78 Å². The minimum absolute atomic E-state index is 0.00294. The number of hydrogen-bond donors (Lipinski definition) is 2. The molecule has 0 aliphatic heterocycles. The first-order chi connectivity index (χ1) is 9.95. The average molecular weight is 309 g/mol. The molecule has 0 amide bonds. The molecule has 1 aromatic heterocycles. The molecule has 0 unspecified atom stereocenters. The summed E-state index contributed by atoms with van der Waals surface area (Å²) in [5, 5.41) is 0.00294. The van der Waals surface area contributed by atoms with Gasteiger partial charge in [-0.1, -0.05) is 24.6 Å². The van der Waals surface area contributed by atoms with Crippen LogP contribution in [0.3, 0.4) is 0 Å². The SMILES string of the molecule is CC[C@@H](N)c1ccc(Cl)c(C(=O)c2cnc(N)cn2)c1F. The van der Waals surface area contributed by atoms with E-state index in [1.165, 1.54) is 24.5 Å². The maximum Gasteiger partial charge on any atom is 0.217 e. The highest BCUT2D eigenvalue weighted by Gasteiger charge is 2.23. The molecule has 1 heterocycles. The Hall–Kier alpha value is -2.05. The lowest BCUT2D eigenvalue weighted by Gasteiger charge is -2.14. The number of benzene rings is 1. The van der Waals surface area contributed by atoms with Gasteiger partial charge >= 0.3 is 0 Å². The Morgan fingerprint density at radius 1 is 1.38 bits per heavy atom. The molecular formula is C14H14ClFN4O. The van der Waals surface area contributed by atoms with Crippen LogP contribution in [0.15, 0.2) is 24.5 Å². The first-order valence-electron chi connectivity index (χ1n) is 6.31. The number of hydrogen-bond acceptors (Lipinski definition) is 5. The second kappa shape index (κ2) is 6.15. The average Bonchev–Trinajstić information content (AvgIpc) is 2.47. The molecule has 2 rings (SSSR count). The number of nitrogens with two attached hydrogens (primary N) is 2. The first-order valence-corrected chi connectivity index (χ1v) is 6.69. The summed E-state index contributed by atoms with van der Waals surface area (Å²) in [4.78, 5) is 20.0. The first kappa shape index (κ1) is 15.3. The lowest BCUT2D eigenvalue weighted by molar-refractivity contribution is 0.103. The smallest absolute Gasteiger partial charge is 0.217 e. The molecule has 0 aliphatic carbocycles. The van der Waals surface area contributed by atoms with Crippen LogP contribution in [-0.2, 0) is 0 Å². The fraction of sp³-hybridized carbons (Fsp3) is 0.214. The summed E-state index contributed by atoms with van der Waals surface area (Å²) < 4.78 is 14.5. The van der Waals surface area contributed by atoms with Crippen LogP contribution in [0.25, 0.3) is 0 Å². The Morgan fingerprint density at radius 3 is 2.67 bits per heavy atom. The van der Waals surface area contributed by atoms with Crippen LogP contribution in [0, 0.1) is 5.82 Å². The highest BCUT2D eigenvalue weighted by atomic mass is 35.5. The van der Waals surface area contributed by atoms with E-state index in [4.69, 9.17) is 23.1 Å². The van der Waals surface area contributed by atoms with Gasteiger partial charge in [-0.15, -0.1) is 0 Å². The van der Waals surface area contributed by atoms with E-state index < -0.39 is 17.6 Å². The number of rotatable bonds is 4. The molecule has 4 N–H and O–H groups in total. The van der Waals surface area contributed by atoms with E-state index in [9.17, 15) is 9.18 Å². The number of nitrogens with zero attached hydrogens (tertiary/aromatic N) is 2. The Labute approximate surface area is 126 Å². The predicted octanol–water partition coefficient (Wildman–Crippen LogP) is 2.49. The lowest BCUT2D eigenvalue weighted by Crippen LogP contribution is -2.15. The highest BCUT2D eigenvalue weighted by molar-refractivity contribution is 6.34. The van der Waals surface area contributed by atoms with Crippen LogP contribution in [0.2, 0.25) is 5.02 Å². The molecule has 0 bridgehead atoms. The standard InChI is InChI=1S/C14H14ClFN4O/c1-2-9(17)7-3-4-8(15)12(13(7)16)14(21)10-5-20-11(18)6-19-10/h3-6,9H,2,17H2,1H3,(H2,18,20)/t9-/m1/s1.